The first kappa shape index (κ1) is 16.1. The molecule has 130 valence electrons. The minimum atomic E-state index is -0.444. The summed E-state index contributed by atoms with van der Waals surface area (Å²) in [5.41, 5.74) is 2.42. The van der Waals surface area contributed by atoms with E-state index in [9.17, 15) is 14.0 Å². The molecule has 0 amide bonds. The summed E-state index contributed by atoms with van der Waals surface area (Å²) in [6.07, 6.45) is 0. The zero-order valence-corrected chi connectivity index (χ0v) is 14.3. The molecule has 0 atom stereocenters. The van der Waals surface area contributed by atoms with Gasteiger partial charge in [0, 0.05) is 11.8 Å². The maximum absolute atomic E-state index is 13.6. The van der Waals surface area contributed by atoms with Crippen molar-refractivity contribution >= 4 is 10.9 Å². The molecular weight excluding hydrogens is 333 g/mol. The number of rotatable bonds is 2. The monoisotopic (exact) mass is 349 g/mol. The SMILES string of the molecule is Cc1cccc(-n2[nH]c3cc(=O)n(-c4cccc(F)c4)c(C)c3c2=O)c1. The van der Waals surface area contributed by atoms with Crippen LogP contribution in [0, 0.1) is 19.7 Å². The van der Waals surface area contributed by atoms with Gasteiger partial charge in [0.05, 0.1) is 22.3 Å². The molecule has 0 aliphatic carbocycles. The molecule has 1 N–H and O–H groups in total. The van der Waals surface area contributed by atoms with E-state index in [2.05, 4.69) is 5.10 Å². The molecule has 0 fully saturated rings. The van der Waals surface area contributed by atoms with Crippen molar-refractivity contribution in [1.29, 1.82) is 0 Å². The van der Waals surface area contributed by atoms with E-state index in [-0.39, 0.29) is 11.1 Å². The molecule has 4 aromatic rings. The zero-order chi connectivity index (χ0) is 18.4. The molecule has 0 saturated heterocycles. The number of fused-ring (bicyclic) bond motifs is 1. The third-order valence-electron chi connectivity index (χ3n) is 4.43. The van der Waals surface area contributed by atoms with Gasteiger partial charge in [-0.15, -0.1) is 0 Å². The summed E-state index contributed by atoms with van der Waals surface area (Å²) in [6.45, 7) is 3.63. The van der Waals surface area contributed by atoms with Crippen molar-refractivity contribution in [3.63, 3.8) is 0 Å². The van der Waals surface area contributed by atoms with E-state index < -0.39 is 5.82 Å². The Balaban J connectivity index is 2.03. The molecule has 0 saturated carbocycles. The first-order chi connectivity index (χ1) is 12.5. The Labute approximate surface area is 147 Å². The number of nitrogens with zero attached hydrogens (tertiary/aromatic N) is 2. The summed E-state index contributed by atoms with van der Waals surface area (Å²) in [5.74, 6) is -0.444. The number of halogens is 1. The number of aromatic nitrogens is 3. The van der Waals surface area contributed by atoms with Crippen LogP contribution in [0.4, 0.5) is 4.39 Å². The molecule has 0 bridgehead atoms. The number of nitrogens with one attached hydrogen (secondary N) is 1. The van der Waals surface area contributed by atoms with Gasteiger partial charge in [0.2, 0.25) is 0 Å². The normalized spacial score (nSPS) is 11.2. The smallest absolute Gasteiger partial charge is 0.280 e. The number of hydrogen-bond donors (Lipinski definition) is 1. The van der Waals surface area contributed by atoms with Crippen LogP contribution < -0.4 is 11.1 Å². The Bertz CT molecular complexity index is 1260. The van der Waals surface area contributed by atoms with E-state index in [4.69, 9.17) is 0 Å². The Morgan fingerprint density at radius 2 is 1.65 bits per heavy atom. The molecule has 0 spiro atoms. The minimum absolute atomic E-state index is 0.256. The molecule has 0 aliphatic rings. The van der Waals surface area contributed by atoms with Gasteiger partial charge in [0.1, 0.15) is 5.82 Å². The molecule has 2 heterocycles. The molecule has 2 aromatic heterocycles. The van der Waals surface area contributed by atoms with Crippen LogP contribution in [0.2, 0.25) is 0 Å². The van der Waals surface area contributed by atoms with Gasteiger partial charge in [0.25, 0.3) is 11.1 Å². The van der Waals surface area contributed by atoms with Crippen molar-refractivity contribution in [2.45, 2.75) is 13.8 Å². The Kier molecular flexibility index (Phi) is 3.61. The lowest BCUT2D eigenvalue weighted by molar-refractivity contribution is 0.626. The van der Waals surface area contributed by atoms with Gasteiger partial charge in [0.15, 0.2) is 0 Å². The van der Waals surface area contributed by atoms with Crippen molar-refractivity contribution in [3.8, 4) is 11.4 Å². The number of aromatic amines is 1. The predicted octanol–water partition coefficient (Wildman–Crippen LogP) is 3.23. The summed E-state index contributed by atoms with van der Waals surface area (Å²) in [4.78, 5) is 25.6. The Morgan fingerprint density at radius 3 is 2.38 bits per heavy atom. The summed E-state index contributed by atoms with van der Waals surface area (Å²) >= 11 is 0. The van der Waals surface area contributed by atoms with Crippen LogP contribution in [-0.2, 0) is 0 Å². The maximum atomic E-state index is 13.6. The highest BCUT2D eigenvalue weighted by atomic mass is 19.1. The number of aryl methyl sites for hydroxylation is 2. The molecule has 26 heavy (non-hydrogen) atoms. The van der Waals surface area contributed by atoms with Crippen LogP contribution in [0.5, 0.6) is 0 Å². The lowest BCUT2D eigenvalue weighted by atomic mass is 10.2. The van der Waals surface area contributed by atoms with Crippen LogP contribution in [0.3, 0.4) is 0 Å². The van der Waals surface area contributed by atoms with Gasteiger partial charge in [-0.2, -0.15) is 0 Å². The molecule has 6 heteroatoms. The predicted molar refractivity (Wildman–Crippen MR) is 98.9 cm³/mol. The van der Waals surface area contributed by atoms with E-state index in [1.807, 2.05) is 31.2 Å². The third-order valence-corrected chi connectivity index (χ3v) is 4.43. The highest BCUT2D eigenvalue weighted by Crippen LogP contribution is 2.17. The molecule has 0 radical (unpaired) electrons. The van der Waals surface area contributed by atoms with E-state index in [1.165, 1.54) is 33.5 Å². The van der Waals surface area contributed by atoms with Crippen molar-refractivity contribution in [1.82, 2.24) is 14.3 Å². The average molecular weight is 349 g/mol. The van der Waals surface area contributed by atoms with Gasteiger partial charge in [-0.3, -0.25) is 19.3 Å². The van der Waals surface area contributed by atoms with Gasteiger partial charge in [-0.05, 0) is 49.7 Å². The average Bonchev–Trinajstić information content (AvgIpc) is 2.91. The van der Waals surface area contributed by atoms with E-state index in [0.29, 0.717) is 28.0 Å². The molecule has 4 rings (SSSR count). The topological polar surface area (TPSA) is 59.8 Å². The fraction of sp³-hybridized carbons (Fsp3) is 0.100. The standard InChI is InChI=1S/C20H16FN3O2/c1-12-5-3-8-16(9-12)24-20(26)19-13(2)23(18(25)11-17(19)22-24)15-7-4-6-14(21)10-15/h3-11,22H,1-2H3. The van der Waals surface area contributed by atoms with Crippen molar-refractivity contribution < 1.29 is 4.39 Å². The molecule has 0 aliphatic heterocycles. The van der Waals surface area contributed by atoms with Crippen LogP contribution in [0.1, 0.15) is 11.3 Å². The Hall–Kier alpha value is -3.41. The molecule has 2 aromatic carbocycles. The van der Waals surface area contributed by atoms with Gasteiger partial charge >= 0.3 is 0 Å². The highest BCUT2D eigenvalue weighted by Gasteiger charge is 2.16. The van der Waals surface area contributed by atoms with Gasteiger partial charge in [-0.25, -0.2) is 9.07 Å². The fourth-order valence-corrected chi connectivity index (χ4v) is 3.26. The lowest BCUT2D eigenvalue weighted by Crippen LogP contribution is -2.22. The lowest BCUT2D eigenvalue weighted by Gasteiger charge is -2.10. The van der Waals surface area contributed by atoms with Crippen molar-refractivity contribution in [2.24, 2.45) is 0 Å². The second-order valence-corrected chi connectivity index (χ2v) is 6.26. The zero-order valence-electron chi connectivity index (χ0n) is 14.3. The molecule has 5 nitrogen and oxygen atoms in total. The summed E-state index contributed by atoms with van der Waals surface area (Å²) < 4.78 is 16.4. The van der Waals surface area contributed by atoms with Crippen molar-refractivity contribution in [3.05, 3.63) is 92.4 Å². The molecular formula is C20H16FN3O2. The number of hydrogen-bond acceptors (Lipinski definition) is 2. The van der Waals surface area contributed by atoms with Gasteiger partial charge < -0.3 is 0 Å². The largest absolute Gasteiger partial charge is 0.290 e. The quantitative estimate of drug-likeness (QED) is 0.604. The van der Waals surface area contributed by atoms with Crippen LogP contribution in [0.25, 0.3) is 22.3 Å². The Morgan fingerprint density at radius 1 is 0.923 bits per heavy atom. The van der Waals surface area contributed by atoms with E-state index in [1.54, 1.807) is 13.0 Å². The number of pyridine rings is 1. The molecule has 0 unspecified atom stereocenters. The third kappa shape index (κ3) is 2.47. The van der Waals surface area contributed by atoms with E-state index >= 15 is 0 Å². The van der Waals surface area contributed by atoms with Gasteiger partial charge in [-0.1, -0.05) is 18.2 Å². The second kappa shape index (κ2) is 5.84. The van der Waals surface area contributed by atoms with Crippen LogP contribution >= 0.6 is 0 Å². The van der Waals surface area contributed by atoms with Crippen LogP contribution in [-0.4, -0.2) is 14.3 Å². The second-order valence-electron chi connectivity index (χ2n) is 6.26. The summed E-state index contributed by atoms with van der Waals surface area (Å²) in [7, 11) is 0. The minimum Gasteiger partial charge on any atom is -0.290 e. The summed E-state index contributed by atoms with van der Waals surface area (Å²) in [5, 5.41) is 3.39. The number of benzene rings is 2. The van der Waals surface area contributed by atoms with E-state index in [0.717, 1.165) is 5.56 Å². The maximum Gasteiger partial charge on any atom is 0.280 e. The number of H-pyrrole nitrogens is 1. The highest BCUT2D eigenvalue weighted by molar-refractivity contribution is 5.81. The first-order valence-electron chi connectivity index (χ1n) is 8.16. The van der Waals surface area contributed by atoms with Crippen LogP contribution in [0.15, 0.2) is 64.2 Å². The summed E-state index contributed by atoms with van der Waals surface area (Å²) in [6, 6.07) is 14.6. The van der Waals surface area contributed by atoms with Crippen molar-refractivity contribution in [2.75, 3.05) is 0 Å². The first-order valence-corrected chi connectivity index (χ1v) is 8.16. The fourth-order valence-electron chi connectivity index (χ4n) is 3.26.